The minimum absolute atomic E-state index is 0.266. The maximum Gasteiger partial charge on any atom is 0.0206 e. The first kappa shape index (κ1) is 13.5. The summed E-state index contributed by atoms with van der Waals surface area (Å²) < 4.78 is 0.266. The van der Waals surface area contributed by atoms with E-state index in [1.807, 2.05) is 0 Å². The molecule has 0 nitrogen and oxygen atoms in total. The molecule has 0 N–H and O–H groups in total. The highest BCUT2D eigenvalue weighted by Crippen LogP contribution is 2.41. The molecule has 0 aromatic heterocycles. The van der Waals surface area contributed by atoms with Gasteiger partial charge in [0.25, 0.3) is 0 Å². The van der Waals surface area contributed by atoms with Gasteiger partial charge in [-0.05, 0) is 23.7 Å². The van der Waals surface area contributed by atoms with Crippen molar-refractivity contribution in [3.8, 4) is 0 Å². The summed E-state index contributed by atoms with van der Waals surface area (Å²) in [7, 11) is 0. The number of rotatable bonds is 3. The summed E-state index contributed by atoms with van der Waals surface area (Å²) in [4.78, 5) is 0. The van der Waals surface area contributed by atoms with E-state index in [1.165, 1.54) is 12.8 Å². The third kappa shape index (κ3) is 8.80. The average Bonchev–Trinajstić information content (AvgIpc) is 1.43. The van der Waals surface area contributed by atoms with E-state index in [4.69, 9.17) is 0 Å². The molecule has 0 spiro atoms. The molecule has 0 amide bonds. The summed E-state index contributed by atoms with van der Waals surface area (Å²) >= 11 is 3.72. The molecule has 0 radical (unpaired) electrons. The van der Waals surface area contributed by atoms with Gasteiger partial charge in [0.2, 0.25) is 0 Å². The fourth-order valence-electron chi connectivity index (χ4n) is 2.64. The van der Waals surface area contributed by atoms with Crippen LogP contribution in [0.3, 0.4) is 0 Å². The zero-order chi connectivity index (χ0) is 10.9. The van der Waals surface area contributed by atoms with E-state index >= 15 is 0 Å². The molecular formula is C12H25Br. The lowest BCUT2D eigenvalue weighted by molar-refractivity contribution is 0.188. The highest BCUT2D eigenvalue weighted by Gasteiger charge is 2.30. The molecule has 13 heavy (non-hydrogen) atoms. The van der Waals surface area contributed by atoms with Crippen LogP contribution in [-0.4, -0.2) is 4.32 Å². The van der Waals surface area contributed by atoms with E-state index in [0.29, 0.717) is 10.8 Å². The quantitative estimate of drug-likeness (QED) is 0.616. The summed E-state index contributed by atoms with van der Waals surface area (Å²) in [6, 6.07) is 0. The fraction of sp³-hybridized carbons (Fsp3) is 1.00. The van der Waals surface area contributed by atoms with Crippen LogP contribution < -0.4 is 0 Å². The molecule has 0 bridgehead atoms. The van der Waals surface area contributed by atoms with Crippen molar-refractivity contribution in [2.75, 3.05) is 0 Å². The summed E-state index contributed by atoms with van der Waals surface area (Å²) in [5.41, 5.74) is 0.854. The van der Waals surface area contributed by atoms with Crippen LogP contribution in [0.2, 0.25) is 0 Å². The summed E-state index contributed by atoms with van der Waals surface area (Å²) in [5.74, 6) is 0. The van der Waals surface area contributed by atoms with E-state index in [0.717, 1.165) is 0 Å². The molecule has 0 fully saturated rings. The first-order valence-corrected chi connectivity index (χ1v) is 5.90. The topological polar surface area (TPSA) is 0 Å². The van der Waals surface area contributed by atoms with Gasteiger partial charge in [0.05, 0.1) is 0 Å². The summed E-state index contributed by atoms with van der Waals surface area (Å²) in [6.07, 6.45) is 2.49. The number of halogens is 1. The van der Waals surface area contributed by atoms with E-state index in [-0.39, 0.29) is 4.32 Å². The van der Waals surface area contributed by atoms with Crippen molar-refractivity contribution in [1.29, 1.82) is 0 Å². The van der Waals surface area contributed by atoms with E-state index in [9.17, 15) is 0 Å². The number of hydrogen-bond acceptors (Lipinski definition) is 0. The van der Waals surface area contributed by atoms with E-state index < -0.39 is 0 Å². The SMILES string of the molecule is CC(C)(C)CC(C)(C)CC(C)(C)Br. The second-order valence-electron chi connectivity index (χ2n) is 6.80. The Kier molecular flexibility index (Phi) is 4.07. The van der Waals surface area contributed by atoms with Crippen LogP contribution in [0.15, 0.2) is 0 Å². The lowest BCUT2D eigenvalue weighted by Gasteiger charge is -2.36. The second kappa shape index (κ2) is 3.92. The van der Waals surface area contributed by atoms with Crippen LogP contribution in [0.5, 0.6) is 0 Å². The van der Waals surface area contributed by atoms with Crippen LogP contribution in [0.1, 0.15) is 61.3 Å². The molecule has 80 valence electrons. The zero-order valence-electron chi connectivity index (χ0n) is 10.3. The Morgan fingerprint density at radius 1 is 0.769 bits per heavy atom. The maximum absolute atomic E-state index is 3.72. The van der Waals surface area contributed by atoms with Crippen molar-refractivity contribution in [1.82, 2.24) is 0 Å². The Balaban J connectivity index is 4.25. The van der Waals surface area contributed by atoms with E-state index in [2.05, 4.69) is 64.4 Å². The van der Waals surface area contributed by atoms with Crippen LogP contribution in [0.4, 0.5) is 0 Å². The highest BCUT2D eigenvalue weighted by molar-refractivity contribution is 9.10. The molecule has 0 aliphatic carbocycles. The first-order valence-electron chi connectivity index (χ1n) is 5.10. The van der Waals surface area contributed by atoms with Gasteiger partial charge >= 0.3 is 0 Å². The largest absolute Gasteiger partial charge is 0.0859 e. The van der Waals surface area contributed by atoms with Crippen molar-refractivity contribution >= 4 is 15.9 Å². The first-order chi connectivity index (χ1) is 5.41. The molecule has 0 rings (SSSR count). The van der Waals surface area contributed by atoms with Crippen molar-refractivity contribution in [2.45, 2.75) is 65.6 Å². The summed E-state index contributed by atoms with van der Waals surface area (Å²) in [5, 5.41) is 0. The fourth-order valence-corrected chi connectivity index (χ4v) is 3.40. The lowest BCUT2D eigenvalue weighted by atomic mass is 9.72. The monoisotopic (exact) mass is 248 g/mol. The number of hydrogen-bond donors (Lipinski definition) is 0. The molecule has 0 aliphatic heterocycles. The predicted molar refractivity (Wildman–Crippen MR) is 65.5 cm³/mol. The van der Waals surface area contributed by atoms with Crippen LogP contribution in [0, 0.1) is 10.8 Å². The molecule has 1 heteroatoms. The minimum Gasteiger partial charge on any atom is -0.0859 e. The Morgan fingerprint density at radius 3 is 1.38 bits per heavy atom. The highest BCUT2D eigenvalue weighted by atomic mass is 79.9. The molecule has 0 aliphatic rings. The Hall–Kier alpha value is 0.480. The zero-order valence-corrected chi connectivity index (χ0v) is 11.9. The molecule has 0 aromatic rings. The van der Waals surface area contributed by atoms with Crippen molar-refractivity contribution < 1.29 is 0 Å². The molecule has 0 unspecified atom stereocenters. The van der Waals surface area contributed by atoms with Gasteiger partial charge in [-0.2, -0.15) is 0 Å². The third-order valence-corrected chi connectivity index (χ3v) is 2.19. The molecule has 0 heterocycles. The minimum atomic E-state index is 0.266. The normalized spacial score (nSPS) is 14.8. The van der Waals surface area contributed by atoms with Gasteiger partial charge in [0.1, 0.15) is 0 Å². The van der Waals surface area contributed by atoms with Gasteiger partial charge in [-0.1, -0.05) is 64.4 Å². The van der Waals surface area contributed by atoms with E-state index in [1.54, 1.807) is 0 Å². The Bertz CT molecular complexity index is 137. The van der Waals surface area contributed by atoms with Gasteiger partial charge < -0.3 is 0 Å². The van der Waals surface area contributed by atoms with Crippen LogP contribution in [-0.2, 0) is 0 Å². The standard InChI is InChI=1S/C12H25Br/c1-10(2,3)8-11(4,5)9-12(6,7)13/h8-9H2,1-7H3. The van der Waals surface area contributed by atoms with Gasteiger partial charge in [-0.3, -0.25) is 0 Å². The maximum atomic E-state index is 3.72. The molecule has 0 saturated heterocycles. The Morgan fingerprint density at radius 2 is 1.15 bits per heavy atom. The average molecular weight is 249 g/mol. The van der Waals surface area contributed by atoms with Crippen molar-refractivity contribution in [2.24, 2.45) is 10.8 Å². The van der Waals surface area contributed by atoms with Gasteiger partial charge in [0.15, 0.2) is 0 Å². The lowest BCUT2D eigenvalue weighted by Crippen LogP contribution is -2.27. The molecule has 0 saturated carbocycles. The Labute approximate surface area is 92.6 Å². The third-order valence-electron chi connectivity index (χ3n) is 1.91. The van der Waals surface area contributed by atoms with Gasteiger partial charge in [0, 0.05) is 4.32 Å². The van der Waals surface area contributed by atoms with Crippen molar-refractivity contribution in [3.63, 3.8) is 0 Å². The second-order valence-corrected chi connectivity index (χ2v) is 8.94. The predicted octanol–water partition coefficient (Wildman–Crippen LogP) is 5.01. The van der Waals surface area contributed by atoms with Crippen LogP contribution in [0.25, 0.3) is 0 Å². The molecule has 0 aromatic carbocycles. The van der Waals surface area contributed by atoms with Gasteiger partial charge in [-0.25, -0.2) is 0 Å². The van der Waals surface area contributed by atoms with Gasteiger partial charge in [-0.15, -0.1) is 0 Å². The smallest absolute Gasteiger partial charge is 0.0206 e. The summed E-state index contributed by atoms with van der Waals surface area (Å²) in [6.45, 7) is 16.2. The van der Waals surface area contributed by atoms with Crippen molar-refractivity contribution in [3.05, 3.63) is 0 Å². The van der Waals surface area contributed by atoms with Crippen LogP contribution >= 0.6 is 15.9 Å². The molecule has 0 atom stereocenters. The molecular weight excluding hydrogens is 224 g/mol. The number of alkyl halides is 1.